The predicted octanol–water partition coefficient (Wildman–Crippen LogP) is 5.33. The van der Waals surface area contributed by atoms with Crippen molar-refractivity contribution in [2.45, 2.75) is 56.4 Å². The molecule has 0 aliphatic carbocycles. The number of anilines is 1. The lowest BCUT2D eigenvalue weighted by Gasteiger charge is -2.27. The molecule has 0 radical (unpaired) electrons. The molecule has 1 aromatic carbocycles. The Labute approximate surface area is 182 Å². The van der Waals surface area contributed by atoms with Crippen molar-refractivity contribution >= 4 is 35.1 Å². The predicted molar refractivity (Wildman–Crippen MR) is 121 cm³/mol. The van der Waals surface area contributed by atoms with E-state index >= 15 is 0 Å². The molecule has 0 spiro atoms. The van der Waals surface area contributed by atoms with E-state index in [0.717, 1.165) is 56.0 Å². The molecule has 1 amide bonds. The van der Waals surface area contributed by atoms with Crippen molar-refractivity contribution in [1.82, 2.24) is 15.3 Å². The smallest absolute Gasteiger partial charge is 0.251 e. The summed E-state index contributed by atoms with van der Waals surface area (Å²) in [6.45, 7) is 4.94. The van der Waals surface area contributed by atoms with Crippen LogP contribution in [-0.2, 0) is 5.75 Å². The average molecular weight is 433 g/mol. The first-order valence-electron chi connectivity index (χ1n) is 10.4. The van der Waals surface area contributed by atoms with Gasteiger partial charge in [0.2, 0.25) is 0 Å². The summed E-state index contributed by atoms with van der Waals surface area (Å²) in [5.41, 5.74) is 1.82. The number of thioether (sulfide) groups is 1. The maximum Gasteiger partial charge on any atom is 0.251 e. The van der Waals surface area contributed by atoms with E-state index in [1.165, 1.54) is 19.3 Å². The summed E-state index contributed by atoms with van der Waals surface area (Å²) in [7, 11) is 0. The van der Waals surface area contributed by atoms with Crippen LogP contribution in [0.1, 0.15) is 61.4 Å². The Morgan fingerprint density at radius 2 is 1.90 bits per heavy atom. The van der Waals surface area contributed by atoms with Gasteiger partial charge in [0.15, 0.2) is 5.16 Å². The van der Waals surface area contributed by atoms with Crippen molar-refractivity contribution in [3.63, 3.8) is 0 Å². The molecule has 1 saturated heterocycles. The molecule has 0 saturated carbocycles. The summed E-state index contributed by atoms with van der Waals surface area (Å²) < 4.78 is 0. The van der Waals surface area contributed by atoms with Crippen molar-refractivity contribution in [3.05, 3.63) is 46.6 Å². The monoisotopic (exact) mass is 432 g/mol. The maximum atomic E-state index is 12.2. The molecule has 29 heavy (non-hydrogen) atoms. The summed E-state index contributed by atoms with van der Waals surface area (Å²) in [6, 6.07) is 9.59. The van der Waals surface area contributed by atoms with Gasteiger partial charge in [-0.1, -0.05) is 55.3 Å². The van der Waals surface area contributed by atoms with Crippen LogP contribution in [0.25, 0.3) is 0 Å². The second-order valence-corrected chi connectivity index (χ2v) is 8.66. The van der Waals surface area contributed by atoms with Crippen LogP contribution in [-0.4, -0.2) is 35.5 Å². The first-order chi connectivity index (χ1) is 14.2. The minimum absolute atomic E-state index is 0.00958. The van der Waals surface area contributed by atoms with E-state index in [2.05, 4.69) is 22.1 Å². The molecule has 1 aromatic heterocycles. The van der Waals surface area contributed by atoms with Gasteiger partial charge in [-0.25, -0.2) is 9.97 Å². The van der Waals surface area contributed by atoms with Crippen LogP contribution in [0, 0.1) is 0 Å². The zero-order valence-electron chi connectivity index (χ0n) is 17.0. The lowest BCUT2D eigenvalue weighted by Crippen LogP contribution is -2.30. The van der Waals surface area contributed by atoms with Gasteiger partial charge in [0.25, 0.3) is 5.91 Å². The summed E-state index contributed by atoms with van der Waals surface area (Å²) in [6.07, 6.45) is 6.99. The number of rotatable bonds is 9. The summed E-state index contributed by atoms with van der Waals surface area (Å²) in [4.78, 5) is 23.5. The van der Waals surface area contributed by atoms with E-state index in [1.807, 2.05) is 30.3 Å². The molecule has 5 nitrogen and oxygen atoms in total. The number of nitrogens with one attached hydrogen (secondary N) is 1. The van der Waals surface area contributed by atoms with Crippen LogP contribution in [0.5, 0.6) is 0 Å². The number of benzene rings is 1. The van der Waals surface area contributed by atoms with Gasteiger partial charge >= 0.3 is 0 Å². The molecular weight excluding hydrogens is 404 g/mol. The number of nitrogens with zero attached hydrogens (tertiary/aromatic N) is 3. The van der Waals surface area contributed by atoms with Crippen LogP contribution >= 0.6 is 23.4 Å². The Morgan fingerprint density at radius 1 is 1.14 bits per heavy atom. The minimum Gasteiger partial charge on any atom is -0.356 e. The third-order valence-corrected chi connectivity index (χ3v) is 6.10. The molecule has 0 bridgehead atoms. The van der Waals surface area contributed by atoms with Crippen molar-refractivity contribution in [3.8, 4) is 0 Å². The Morgan fingerprint density at radius 3 is 2.62 bits per heavy atom. The fourth-order valence-electron chi connectivity index (χ4n) is 3.31. The number of carbonyl (C=O) groups is 1. The Kier molecular flexibility index (Phi) is 8.62. The lowest BCUT2D eigenvalue weighted by molar-refractivity contribution is 0.0953. The van der Waals surface area contributed by atoms with Gasteiger partial charge < -0.3 is 10.2 Å². The Bertz CT molecular complexity index is 794. The highest BCUT2D eigenvalue weighted by Gasteiger charge is 2.14. The molecule has 0 atom stereocenters. The molecule has 0 unspecified atom stereocenters. The topological polar surface area (TPSA) is 58.1 Å². The number of carbonyl (C=O) groups excluding carboxylic acids is 1. The van der Waals surface area contributed by atoms with Crippen LogP contribution in [0.3, 0.4) is 0 Å². The van der Waals surface area contributed by atoms with Crippen LogP contribution in [0.15, 0.2) is 35.5 Å². The van der Waals surface area contributed by atoms with Crippen LogP contribution < -0.4 is 10.2 Å². The molecule has 1 aliphatic heterocycles. The van der Waals surface area contributed by atoms with Crippen LogP contribution in [0.2, 0.25) is 5.15 Å². The normalized spacial score (nSPS) is 14.1. The van der Waals surface area contributed by atoms with Gasteiger partial charge in [0, 0.05) is 37.0 Å². The van der Waals surface area contributed by atoms with Gasteiger partial charge in [0.05, 0.1) is 0 Å². The summed E-state index contributed by atoms with van der Waals surface area (Å²) in [5.74, 6) is 1.64. The molecule has 2 aromatic rings. The number of hydrogen-bond acceptors (Lipinski definition) is 5. The van der Waals surface area contributed by atoms with Gasteiger partial charge in [-0.05, 0) is 43.4 Å². The van der Waals surface area contributed by atoms with E-state index in [1.54, 1.807) is 11.8 Å². The van der Waals surface area contributed by atoms with Crippen LogP contribution in [0.4, 0.5) is 5.82 Å². The van der Waals surface area contributed by atoms with Gasteiger partial charge in [0.1, 0.15) is 11.0 Å². The standard InChI is InChI=1S/C22H29ClN4OS/c1-2-3-5-12-24-21(28)18-10-8-17(9-11-18)16-29-22-25-19(23)15-20(26-22)27-13-6-4-7-14-27/h8-11,15H,2-7,12-14,16H2,1H3,(H,24,28). The van der Waals surface area contributed by atoms with E-state index in [-0.39, 0.29) is 5.91 Å². The number of piperidine rings is 1. The number of unbranched alkanes of at least 4 members (excludes halogenated alkanes) is 2. The lowest BCUT2D eigenvalue weighted by atomic mass is 10.1. The van der Waals surface area contributed by atoms with Gasteiger partial charge in [-0.2, -0.15) is 0 Å². The SMILES string of the molecule is CCCCCNC(=O)c1ccc(CSc2nc(Cl)cc(N3CCCCC3)n2)cc1. The number of aromatic nitrogens is 2. The highest BCUT2D eigenvalue weighted by Crippen LogP contribution is 2.26. The van der Waals surface area contributed by atoms with E-state index in [0.29, 0.717) is 15.9 Å². The molecule has 1 N–H and O–H groups in total. The molecular formula is C22H29ClN4OS. The average Bonchev–Trinajstić information content (AvgIpc) is 2.76. The van der Waals surface area contributed by atoms with Crippen molar-refractivity contribution in [1.29, 1.82) is 0 Å². The van der Waals surface area contributed by atoms with Gasteiger partial charge in [-0.3, -0.25) is 4.79 Å². The molecule has 1 fully saturated rings. The molecule has 1 aliphatic rings. The fraction of sp³-hybridized carbons (Fsp3) is 0.500. The van der Waals surface area contributed by atoms with Crippen molar-refractivity contribution < 1.29 is 4.79 Å². The van der Waals surface area contributed by atoms with Crippen molar-refractivity contribution in [2.24, 2.45) is 0 Å². The zero-order valence-corrected chi connectivity index (χ0v) is 18.6. The largest absolute Gasteiger partial charge is 0.356 e. The number of amides is 1. The molecule has 2 heterocycles. The van der Waals surface area contributed by atoms with E-state index in [9.17, 15) is 4.79 Å². The molecule has 156 valence electrons. The Hall–Kier alpha value is -1.79. The summed E-state index contributed by atoms with van der Waals surface area (Å²) in [5, 5.41) is 4.15. The fourth-order valence-corrected chi connectivity index (χ4v) is 4.35. The highest BCUT2D eigenvalue weighted by molar-refractivity contribution is 7.98. The first-order valence-corrected chi connectivity index (χ1v) is 11.8. The molecule has 7 heteroatoms. The third-order valence-electron chi connectivity index (χ3n) is 4.99. The Balaban J connectivity index is 1.54. The number of hydrogen-bond donors (Lipinski definition) is 1. The second-order valence-electron chi connectivity index (χ2n) is 7.33. The minimum atomic E-state index is -0.00958. The number of halogens is 1. The highest BCUT2D eigenvalue weighted by atomic mass is 35.5. The van der Waals surface area contributed by atoms with E-state index in [4.69, 9.17) is 16.6 Å². The zero-order chi connectivity index (χ0) is 20.5. The maximum absolute atomic E-state index is 12.2. The quantitative estimate of drug-likeness (QED) is 0.251. The first kappa shape index (κ1) is 21.9. The second kappa shape index (κ2) is 11.4. The van der Waals surface area contributed by atoms with E-state index < -0.39 is 0 Å². The molecule has 3 rings (SSSR count). The van der Waals surface area contributed by atoms with Gasteiger partial charge in [-0.15, -0.1) is 0 Å². The summed E-state index contributed by atoms with van der Waals surface area (Å²) >= 11 is 7.80. The van der Waals surface area contributed by atoms with Crippen molar-refractivity contribution in [2.75, 3.05) is 24.5 Å². The third kappa shape index (κ3) is 6.89.